The van der Waals surface area contributed by atoms with Crippen LogP contribution in [0.15, 0.2) is 47.0 Å². The van der Waals surface area contributed by atoms with Crippen molar-refractivity contribution in [2.45, 2.75) is 20.4 Å². The molecule has 1 aliphatic heterocycles. The molecule has 1 N–H and O–H groups in total. The fraction of sp³-hybridized carbons (Fsp3) is 0.304. The number of benzene rings is 2. The van der Waals surface area contributed by atoms with Crippen LogP contribution in [0.25, 0.3) is 11.3 Å². The van der Waals surface area contributed by atoms with E-state index in [4.69, 9.17) is 23.5 Å². The molecule has 0 atom stereocenters. The van der Waals surface area contributed by atoms with Crippen LogP contribution in [0.3, 0.4) is 0 Å². The van der Waals surface area contributed by atoms with Crippen molar-refractivity contribution in [1.82, 2.24) is 10.5 Å². The van der Waals surface area contributed by atoms with Gasteiger partial charge in [0, 0.05) is 17.2 Å². The number of carbonyl (C=O) groups excluding carboxylic acids is 1. The lowest BCUT2D eigenvalue weighted by Crippen LogP contribution is -2.23. The molecule has 8 heteroatoms. The van der Waals surface area contributed by atoms with Crippen molar-refractivity contribution in [3.05, 3.63) is 53.7 Å². The second-order valence-electron chi connectivity index (χ2n) is 6.75. The molecular formula is C23H24N2O6. The van der Waals surface area contributed by atoms with Crippen LogP contribution in [-0.2, 0) is 6.54 Å². The second-order valence-corrected chi connectivity index (χ2v) is 6.75. The Morgan fingerprint density at radius 3 is 2.55 bits per heavy atom. The van der Waals surface area contributed by atoms with E-state index in [1.54, 1.807) is 24.3 Å². The first kappa shape index (κ1) is 20.6. The number of fused-ring (bicyclic) bond motifs is 1. The molecule has 2 heterocycles. The van der Waals surface area contributed by atoms with Crippen molar-refractivity contribution in [2.24, 2.45) is 0 Å². The van der Waals surface area contributed by atoms with Crippen molar-refractivity contribution >= 4 is 5.91 Å². The van der Waals surface area contributed by atoms with Crippen LogP contribution in [0.2, 0.25) is 0 Å². The number of carbonyl (C=O) groups is 1. The van der Waals surface area contributed by atoms with Crippen molar-refractivity contribution in [3.8, 4) is 34.3 Å². The van der Waals surface area contributed by atoms with Crippen molar-refractivity contribution < 1.29 is 28.3 Å². The van der Waals surface area contributed by atoms with Gasteiger partial charge in [-0.1, -0.05) is 5.16 Å². The number of hydrogen-bond acceptors (Lipinski definition) is 7. The van der Waals surface area contributed by atoms with Crippen molar-refractivity contribution in [2.75, 3.05) is 26.4 Å². The minimum Gasteiger partial charge on any atom is -0.490 e. The summed E-state index contributed by atoms with van der Waals surface area (Å²) in [5, 5.41) is 6.90. The van der Waals surface area contributed by atoms with Crippen LogP contribution < -0.4 is 24.3 Å². The largest absolute Gasteiger partial charge is 0.490 e. The molecule has 2 aromatic carbocycles. The second kappa shape index (κ2) is 9.42. The highest BCUT2D eigenvalue weighted by Gasteiger charge is 2.16. The average molecular weight is 424 g/mol. The Hall–Kier alpha value is -3.68. The van der Waals surface area contributed by atoms with Gasteiger partial charge in [-0.3, -0.25) is 4.79 Å². The number of hydrogen-bond donors (Lipinski definition) is 1. The summed E-state index contributed by atoms with van der Waals surface area (Å²) >= 11 is 0. The molecule has 0 radical (unpaired) electrons. The van der Waals surface area contributed by atoms with E-state index in [1.807, 2.05) is 32.0 Å². The summed E-state index contributed by atoms with van der Waals surface area (Å²) in [6.45, 7) is 6.06. The first-order valence-corrected chi connectivity index (χ1v) is 10.2. The Kier molecular flexibility index (Phi) is 6.26. The molecule has 0 fully saturated rings. The molecule has 0 bridgehead atoms. The number of aromatic nitrogens is 1. The van der Waals surface area contributed by atoms with Gasteiger partial charge in [0.1, 0.15) is 18.9 Å². The van der Waals surface area contributed by atoms with Gasteiger partial charge in [0.25, 0.3) is 5.91 Å². The van der Waals surface area contributed by atoms with E-state index in [2.05, 4.69) is 10.5 Å². The van der Waals surface area contributed by atoms with Gasteiger partial charge in [-0.25, -0.2) is 0 Å². The first-order chi connectivity index (χ1) is 15.2. The van der Waals surface area contributed by atoms with Gasteiger partial charge in [0.15, 0.2) is 28.8 Å². The fourth-order valence-corrected chi connectivity index (χ4v) is 3.19. The highest BCUT2D eigenvalue weighted by atomic mass is 16.6. The molecule has 1 aromatic heterocycles. The van der Waals surface area contributed by atoms with E-state index in [9.17, 15) is 4.79 Å². The van der Waals surface area contributed by atoms with Crippen LogP contribution in [0.1, 0.15) is 29.9 Å². The lowest BCUT2D eigenvalue weighted by molar-refractivity contribution is 0.0949. The van der Waals surface area contributed by atoms with Crippen LogP contribution in [0.4, 0.5) is 0 Å². The maximum absolute atomic E-state index is 12.6. The Balaban J connectivity index is 1.41. The lowest BCUT2D eigenvalue weighted by atomic mass is 10.1. The average Bonchev–Trinajstić information content (AvgIpc) is 3.28. The van der Waals surface area contributed by atoms with Gasteiger partial charge < -0.3 is 28.8 Å². The van der Waals surface area contributed by atoms with E-state index < -0.39 is 0 Å². The smallest absolute Gasteiger partial charge is 0.251 e. The molecule has 1 aliphatic rings. The third-order valence-corrected chi connectivity index (χ3v) is 4.62. The monoisotopic (exact) mass is 424 g/mol. The number of amides is 1. The minimum absolute atomic E-state index is 0.226. The highest BCUT2D eigenvalue weighted by Crippen LogP contribution is 2.34. The molecule has 0 unspecified atom stereocenters. The van der Waals surface area contributed by atoms with E-state index in [0.29, 0.717) is 66.4 Å². The Bertz CT molecular complexity index is 1060. The predicted octanol–water partition coefficient (Wildman–Crippen LogP) is 3.84. The number of nitrogens with one attached hydrogen (secondary N) is 1. The first-order valence-electron chi connectivity index (χ1n) is 10.2. The molecule has 0 aliphatic carbocycles. The summed E-state index contributed by atoms with van der Waals surface area (Å²) in [5.74, 6) is 2.88. The molecule has 31 heavy (non-hydrogen) atoms. The summed E-state index contributed by atoms with van der Waals surface area (Å²) in [6, 6.07) is 12.5. The summed E-state index contributed by atoms with van der Waals surface area (Å²) in [5.41, 5.74) is 1.90. The lowest BCUT2D eigenvalue weighted by Gasteiger charge is -2.18. The quantitative estimate of drug-likeness (QED) is 0.587. The summed E-state index contributed by atoms with van der Waals surface area (Å²) in [4.78, 5) is 12.6. The van der Waals surface area contributed by atoms with Crippen LogP contribution in [0.5, 0.6) is 23.0 Å². The van der Waals surface area contributed by atoms with E-state index in [0.717, 1.165) is 5.56 Å². The number of rotatable bonds is 8. The highest BCUT2D eigenvalue weighted by molar-refractivity contribution is 5.94. The maximum atomic E-state index is 12.6. The zero-order chi connectivity index (χ0) is 21.6. The van der Waals surface area contributed by atoms with Gasteiger partial charge in [0.2, 0.25) is 0 Å². The maximum Gasteiger partial charge on any atom is 0.251 e. The van der Waals surface area contributed by atoms with Gasteiger partial charge in [-0.2, -0.15) is 0 Å². The molecule has 3 aromatic rings. The van der Waals surface area contributed by atoms with Crippen LogP contribution in [0, 0.1) is 0 Å². The zero-order valence-electron chi connectivity index (χ0n) is 17.5. The van der Waals surface area contributed by atoms with Gasteiger partial charge >= 0.3 is 0 Å². The van der Waals surface area contributed by atoms with E-state index >= 15 is 0 Å². The van der Waals surface area contributed by atoms with E-state index in [1.165, 1.54) is 0 Å². The SMILES string of the molecule is CCOc1ccc(C(=O)NCc2cc(-c3ccc4c(c3)OCCO4)on2)cc1OCC. The zero-order valence-corrected chi connectivity index (χ0v) is 17.5. The summed E-state index contributed by atoms with van der Waals surface area (Å²) in [7, 11) is 0. The van der Waals surface area contributed by atoms with Crippen molar-refractivity contribution in [3.63, 3.8) is 0 Å². The van der Waals surface area contributed by atoms with Crippen LogP contribution in [-0.4, -0.2) is 37.5 Å². The topological polar surface area (TPSA) is 92.1 Å². The van der Waals surface area contributed by atoms with E-state index in [-0.39, 0.29) is 12.5 Å². The summed E-state index contributed by atoms with van der Waals surface area (Å²) < 4.78 is 27.7. The fourth-order valence-electron chi connectivity index (χ4n) is 3.19. The number of nitrogens with zero attached hydrogens (tertiary/aromatic N) is 1. The number of ether oxygens (including phenoxy) is 4. The molecule has 4 rings (SSSR count). The molecule has 8 nitrogen and oxygen atoms in total. The minimum atomic E-state index is -0.243. The van der Waals surface area contributed by atoms with Gasteiger partial charge in [-0.15, -0.1) is 0 Å². The summed E-state index contributed by atoms with van der Waals surface area (Å²) in [6.07, 6.45) is 0. The Labute approximate surface area is 180 Å². The van der Waals surface area contributed by atoms with Crippen LogP contribution >= 0.6 is 0 Å². The molecule has 1 amide bonds. The molecule has 0 saturated heterocycles. The normalized spacial score (nSPS) is 12.3. The Morgan fingerprint density at radius 1 is 0.968 bits per heavy atom. The van der Waals surface area contributed by atoms with Gasteiger partial charge in [-0.05, 0) is 50.2 Å². The molecular weight excluding hydrogens is 400 g/mol. The molecule has 162 valence electrons. The predicted molar refractivity (Wildman–Crippen MR) is 113 cm³/mol. The third kappa shape index (κ3) is 4.74. The Morgan fingerprint density at radius 2 is 1.74 bits per heavy atom. The third-order valence-electron chi connectivity index (χ3n) is 4.62. The standard InChI is InChI=1S/C23H24N2O6/c1-3-27-18-8-6-16(12-21(18)28-4-2)23(26)24-14-17-13-20(31-25-17)15-5-7-19-22(11-15)30-10-9-29-19/h5-8,11-13H,3-4,9-10,14H2,1-2H3,(H,24,26). The van der Waals surface area contributed by atoms with Gasteiger partial charge in [0.05, 0.1) is 19.8 Å². The van der Waals surface area contributed by atoms with Crippen molar-refractivity contribution in [1.29, 1.82) is 0 Å². The molecule has 0 saturated carbocycles. The molecule has 0 spiro atoms.